The Hall–Kier alpha value is -1.74. The monoisotopic (exact) mass is 299 g/mol. The predicted octanol–water partition coefficient (Wildman–Crippen LogP) is 5.60. The maximum atomic E-state index is 14.3. The van der Waals surface area contributed by atoms with Gasteiger partial charge in [0.2, 0.25) is 0 Å². The highest BCUT2D eigenvalue weighted by Gasteiger charge is 2.34. The second-order valence-corrected chi connectivity index (χ2v) is 6.91. The van der Waals surface area contributed by atoms with Gasteiger partial charge in [0.15, 0.2) is 0 Å². The summed E-state index contributed by atoms with van der Waals surface area (Å²) >= 11 is 1.69. The van der Waals surface area contributed by atoms with Crippen molar-refractivity contribution in [2.24, 2.45) is 0 Å². The summed E-state index contributed by atoms with van der Waals surface area (Å²) in [7, 11) is 0. The topological polar surface area (TPSA) is 12.9 Å². The summed E-state index contributed by atoms with van der Waals surface area (Å²) in [6.07, 6.45) is 0.855. The smallest absolute Gasteiger partial charge is 0.106 e. The minimum Gasteiger partial charge on any atom is -0.255 e. The minimum absolute atomic E-state index is 0.549. The molecule has 3 rings (SSSR count). The molecule has 1 nitrogen and oxygen atoms in total. The van der Waals surface area contributed by atoms with E-state index >= 15 is 0 Å². The van der Waals surface area contributed by atoms with Crippen LogP contribution < -0.4 is 0 Å². The molecule has 0 fully saturated rings. The summed E-state index contributed by atoms with van der Waals surface area (Å²) in [6, 6.07) is 14.1. The van der Waals surface area contributed by atoms with Crippen LogP contribution >= 0.6 is 11.3 Å². The van der Waals surface area contributed by atoms with Gasteiger partial charge in [-0.05, 0) is 36.1 Å². The van der Waals surface area contributed by atoms with Crippen LogP contribution in [0.4, 0.5) is 4.39 Å². The lowest BCUT2D eigenvalue weighted by Crippen LogP contribution is -2.28. The second-order valence-electron chi connectivity index (χ2n) is 5.86. The van der Waals surface area contributed by atoms with Crippen LogP contribution in [-0.2, 0) is 5.41 Å². The average Bonchev–Trinajstić information content (AvgIpc) is 2.88. The van der Waals surface area contributed by atoms with E-state index in [0.29, 0.717) is 0 Å². The number of rotatable bonds is 3. The molecule has 3 heteroatoms. The van der Waals surface area contributed by atoms with Crippen LogP contribution in [0.2, 0.25) is 0 Å². The van der Waals surface area contributed by atoms with Crippen LogP contribution in [0.5, 0.6) is 0 Å². The van der Waals surface area contributed by atoms with E-state index in [1.165, 1.54) is 4.70 Å². The van der Waals surface area contributed by atoms with Gasteiger partial charge in [-0.2, -0.15) is 0 Å². The third-order valence-corrected chi connectivity index (χ3v) is 5.33. The van der Waals surface area contributed by atoms with E-state index in [1.54, 1.807) is 24.5 Å². The molecule has 0 radical (unpaired) electrons. The SMILES string of the molecule is C[C@@H](F)C(C)(C)c1c(-c2ccccn2)sc2ccccc12. The highest BCUT2D eigenvalue weighted by atomic mass is 32.1. The van der Waals surface area contributed by atoms with Gasteiger partial charge in [0.05, 0.1) is 10.6 Å². The molecule has 0 aliphatic heterocycles. The quantitative estimate of drug-likeness (QED) is 0.613. The first kappa shape index (κ1) is 14.2. The molecule has 0 amide bonds. The fourth-order valence-corrected chi connectivity index (χ4v) is 3.91. The zero-order valence-corrected chi connectivity index (χ0v) is 13.2. The second kappa shape index (κ2) is 5.23. The van der Waals surface area contributed by atoms with Crippen LogP contribution in [0, 0.1) is 0 Å². The molecule has 0 aliphatic carbocycles. The molecule has 0 spiro atoms. The molecular formula is C18H18FNS. The number of hydrogen-bond acceptors (Lipinski definition) is 2. The van der Waals surface area contributed by atoms with Gasteiger partial charge >= 0.3 is 0 Å². The normalized spacial score (nSPS) is 13.5. The summed E-state index contributed by atoms with van der Waals surface area (Å²) < 4.78 is 15.4. The average molecular weight is 299 g/mol. The summed E-state index contributed by atoms with van der Waals surface area (Å²) in [6.45, 7) is 5.58. The van der Waals surface area contributed by atoms with Gasteiger partial charge < -0.3 is 0 Å². The maximum absolute atomic E-state index is 14.3. The minimum atomic E-state index is -0.932. The highest BCUT2D eigenvalue weighted by molar-refractivity contribution is 7.22. The van der Waals surface area contributed by atoms with Crippen LogP contribution in [-0.4, -0.2) is 11.2 Å². The van der Waals surface area contributed by atoms with E-state index in [0.717, 1.165) is 21.5 Å². The van der Waals surface area contributed by atoms with Gasteiger partial charge in [-0.3, -0.25) is 4.98 Å². The first-order valence-electron chi connectivity index (χ1n) is 7.09. The summed E-state index contributed by atoms with van der Waals surface area (Å²) in [5.41, 5.74) is 1.44. The number of alkyl halides is 1. The van der Waals surface area contributed by atoms with Gasteiger partial charge in [-0.15, -0.1) is 11.3 Å². The van der Waals surface area contributed by atoms with Crippen molar-refractivity contribution in [3.63, 3.8) is 0 Å². The van der Waals surface area contributed by atoms with Crippen molar-refractivity contribution in [1.82, 2.24) is 4.98 Å². The van der Waals surface area contributed by atoms with Crippen molar-refractivity contribution >= 4 is 21.4 Å². The number of thiophene rings is 1. The lowest BCUT2D eigenvalue weighted by atomic mass is 9.79. The number of nitrogens with zero attached hydrogens (tertiary/aromatic N) is 1. The maximum Gasteiger partial charge on any atom is 0.106 e. The molecular weight excluding hydrogens is 281 g/mol. The Bertz CT molecular complexity index is 759. The van der Waals surface area contributed by atoms with Crippen molar-refractivity contribution in [3.8, 4) is 10.6 Å². The first-order valence-corrected chi connectivity index (χ1v) is 7.91. The summed E-state index contributed by atoms with van der Waals surface area (Å²) in [5.74, 6) is 0. The van der Waals surface area contributed by atoms with E-state index in [4.69, 9.17) is 0 Å². The number of pyridine rings is 1. The van der Waals surface area contributed by atoms with E-state index < -0.39 is 11.6 Å². The number of benzene rings is 1. The third-order valence-electron chi connectivity index (χ3n) is 4.13. The molecule has 2 aromatic heterocycles. The molecule has 21 heavy (non-hydrogen) atoms. The largest absolute Gasteiger partial charge is 0.255 e. The van der Waals surface area contributed by atoms with Crippen molar-refractivity contribution in [1.29, 1.82) is 0 Å². The fraction of sp³-hybridized carbons (Fsp3) is 0.278. The van der Waals surface area contributed by atoms with Crippen molar-refractivity contribution in [2.45, 2.75) is 32.4 Å². The lowest BCUT2D eigenvalue weighted by Gasteiger charge is -2.28. The van der Waals surface area contributed by atoms with Gasteiger partial charge in [-0.25, -0.2) is 4.39 Å². The van der Waals surface area contributed by atoms with Crippen LogP contribution in [0.25, 0.3) is 20.7 Å². The van der Waals surface area contributed by atoms with Crippen molar-refractivity contribution < 1.29 is 4.39 Å². The highest BCUT2D eigenvalue weighted by Crippen LogP contribution is 2.45. The fourth-order valence-electron chi connectivity index (χ4n) is 2.56. The Kier molecular flexibility index (Phi) is 3.54. The molecule has 0 bridgehead atoms. The molecule has 2 heterocycles. The Balaban J connectivity index is 2.35. The first-order chi connectivity index (χ1) is 10.0. The molecule has 0 saturated heterocycles. The number of halogens is 1. The molecule has 108 valence electrons. The van der Waals surface area contributed by atoms with E-state index in [-0.39, 0.29) is 0 Å². The van der Waals surface area contributed by atoms with Crippen LogP contribution in [0.1, 0.15) is 26.3 Å². The van der Waals surface area contributed by atoms with Gasteiger partial charge in [-0.1, -0.05) is 38.1 Å². The predicted molar refractivity (Wildman–Crippen MR) is 88.7 cm³/mol. The molecule has 0 aliphatic rings. The zero-order valence-electron chi connectivity index (χ0n) is 12.4. The summed E-state index contributed by atoms with van der Waals surface area (Å²) in [5, 5.41) is 1.14. The molecule has 0 saturated carbocycles. The van der Waals surface area contributed by atoms with Crippen molar-refractivity contribution in [2.75, 3.05) is 0 Å². The Morgan fingerprint density at radius 3 is 2.48 bits per heavy atom. The van der Waals surface area contributed by atoms with Gasteiger partial charge in [0, 0.05) is 16.3 Å². The van der Waals surface area contributed by atoms with Crippen LogP contribution in [0.15, 0.2) is 48.7 Å². The number of aromatic nitrogens is 1. The molecule has 3 aromatic rings. The summed E-state index contributed by atoms with van der Waals surface area (Å²) in [4.78, 5) is 5.54. The van der Waals surface area contributed by atoms with Gasteiger partial charge in [0.25, 0.3) is 0 Å². The Morgan fingerprint density at radius 1 is 1.10 bits per heavy atom. The standard InChI is InChI=1S/C18H18FNS/c1-12(19)18(2,3)16-13-8-4-5-10-15(13)21-17(16)14-9-6-7-11-20-14/h4-12H,1-3H3/t12-/m1/s1. The Morgan fingerprint density at radius 2 is 1.81 bits per heavy atom. The van der Waals surface area contributed by atoms with E-state index in [9.17, 15) is 4.39 Å². The van der Waals surface area contributed by atoms with Crippen molar-refractivity contribution in [3.05, 3.63) is 54.2 Å². The third kappa shape index (κ3) is 2.36. The van der Waals surface area contributed by atoms with Crippen LogP contribution in [0.3, 0.4) is 0 Å². The number of hydrogen-bond donors (Lipinski definition) is 0. The molecule has 1 atom stereocenters. The molecule has 0 unspecified atom stereocenters. The Labute approximate surface area is 128 Å². The molecule has 1 aromatic carbocycles. The van der Waals surface area contributed by atoms with E-state index in [2.05, 4.69) is 17.1 Å². The number of fused-ring (bicyclic) bond motifs is 1. The lowest BCUT2D eigenvalue weighted by molar-refractivity contribution is 0.239. The molecule has 0 N–H and O–H groups in total. The zero-order chi connectivity index (χ0) is 15.0. The van der Waals surface area contributed by atoms with Gasteiger partial charge in [0.1, 0.15) is 6.17 Å². The van der Waals surface area contributed by atoms with E-state index in [1.807, 2.05) is 44.2 Å².